The van der Waals surface area contributed by atoms with Crippen molar-refractivity contribution in [2.75, 3.05) is 5.75 Å². The second-order valence-corrected chi connectivity index (χ2v) is 7.33. The Bertz CT molecular complexity index is 791. The predicted molar refractivity (Wildman–Crippen MR) is 83.3 cm³/mol. The molecular weight excluding hydrogens is 286 g/mol. The first kappa shape index (κ1) is 15.5. The maximum atomic E-state index is 12.2. The summed E-state index contributed by atoms with van der Waals surface area (Å²) >= 11 is 0. The topological polar surface area (TPSA) is 56.1 Å². The maximum Gasteiger partial charge on any atom is 0.250 e. The molecule has 2 rings (SSSR count). The van der Waals surface area contributed by atoms with E-state index in [2.05, 4.69) is 0 Å². The van der Waals surface area contributed by atoms with Crippen LogP contribution in [0.1, 0.15) is 17.5 Å². The third kappa shape index (κ3) is 4.04. The van der Waals surface area contributed by atoms with Gasteiger partial charge in [0.25, 0.3) is 5.56 Å². The lowest BCUT2D eigenvalue weighted by molar-refractivity contribution is 0.584. The van der Waals surface area contributed by atoms with E-state index in [0.717, 1.165) is 11.1 Å². The monoisotopic (exact) mass is 305 g/mol. The van der Waals surface area contributed by atoms with Gasteiger partial charge in [0.1, 0.15) is 0 Å². The first-order chi connectivity index (χ1) is 9.88. The molecule has 1 aromatic heterocycles. The maximum absolute atomic E-state index is 12.2. The number of hydrogen-bond donors (Lipinski definition) is 0. The lowest BCUT2D eigenvalue weighted by Gasteiger charge is -2.07. The summed E-state index contributed by atoms with van der Waals surface area (Å²) in [6.07, 6.45) is 2.12. The highest BCUT2D eigenvalue weighted by Gasteiger charge is 2.14. The molecular formula is C16H19NO3S. The van der Waals surface area contributed by atoms with Crippen LogP contribution >= 0.6 is 0 Å². The quantitative estimate of drug-likeness (QED) is 0.852. The van der Waals surface area contributed by atoms with Crippen LogP contribution in [-0.4, -0.2) is 18.7 Å². The summed E-state index contributed by atoms with van der Waals surface area (Å²) in [5, 5.41) is 0. The first-order valence-electron chi connectivity index (χ1n) is 6.85. The van der Waals surface area contributed by atoms with Gasteiger partial charge in [-0.2, -0.15) is 0 Å². The highest BCUT2D eigenvalue weighted by Crippen LogP contribution is 2.13. The van der Waals surface area contributed by atoms with Gasteiger partial charge in [-0.1, -0.05) is 12.1 Å². The van der Waals surface area contributed by atoms with Gasteiger partial charge in [-0.15, -0.1) is 0 Å². The van der Waals surface area contributed by atoms with Gasteiger partial charge < -0.3 is 4.57 Å². The number of nitrogens with zero attached hydrogens (tertiary/aromatic N) is 1. The number of benzene rings is 1. The van der Waals surface area contributed by atoms with Crippen LogP contribution in [0.4, 0.5) is 0 Å². The van der Waals surface area contributed by atoms with Crippen molar-refractivity contribution in [2.24, 2.45) is 0 Å². The third-order valence-corrected chi connectivity index (χ3v) is 5.11. The van der Waals surface area contributed by atoms with E-state index in [9.17, 15) is 13.2 Å². The smallest absolute Gasteiger partial charge is 0.250 e. The average molecular weight is 305 g/mol. The van der Waals surface area contributed by atoms with Crippen LogP contribution < -0.4 is 5.56 Å². The Hall–Kier alpha value is -1.88. The van der Waals surface area contributed by atoms with Gasteiger partial charge in [-0.3, -0.25) is 4.79 Å². The molecule has 0 radical (unpaired) electrons. The Morgan fingerprint density at radius 2 is 1.76 bits per heavy atom. The molecule has 0 N–H and O–H groups in total. The van der Waals surface area contributed by atoms with E-state index >= 15 is 0 Å². The minimum atomic E-state index is -3.29. The predicted octanol–water partition coefficient (Wildman–Crippen LogP) is 2.33. The molecule has 5 heteroatoms. The van der Waals surface area contributed by atoms with Crippen molar-refractivity contribution >= 4 is 9.84 Å². The lowest BCUT2D eigenvalue weighted by Crippen LogP contribution is -2.20. The molecule has 21 heavy (non-hydrogen) atoms. The Kier molecular flexibility index (Phi) is 4.63. The van der Waals surface area contributed by atoms with Crippen LogP contribution in [-0.2, 0) is 16.4 Å². The standard InChI is InChI=1S/C16H19NO3S/c1-13-5-3-6-15(11-13)21(19,20)10-4-8-17-9-7-14(2)12-16(17)18/h3,5-7,9,11-12H,4,8,10H2,1-2H3. The summed E-state index contributed by atoms with van der Waals surface area (Å²) in [6.45, 7) is 4.13. The second-order valence-electron chi connectivity index (χ2n) is 5.22. The molecule has 0 fully saturated rings. The number of aryl methyl sites for hydroxylation is 3. The molecule has 4 nitrogen and oxygen atoms in total. The summed E-state index contributed by atoms with van der Waals surface area (Å²) in [6, 6.07) is 10.3. The fraction of sp³-hybridized carbons (Fsp3) is 0.312. The Morgan fingerprint density at radius 3 is 2.43 bits per heavy atom. The van der Waals surface area contributed by atoms with Crippen molar-refractivity contribution in [1.29, 1.82) is 0 Å². The molecule has 0 spiro atoms. The van der Waals surface area contributed by atoms with E-state index in [1.165, 1.54) is 0 Å². The van der Waals surface area contributed by atoms with Gasteiger partial charge in [0.05, 0.1) is 10.6 Å². The molecule has 0 saturated heterocycles. The van der Waals surface area contributed by atoms with E-state index in [1.807, 2.05) is 26.0 Å². The molecule has 0 aliphatic carbocycles. The van der Waals surface area contributed by atoms with Gasteiger partial charge in [0.2, 0.25) is 0 Å². The average Bonchev–Trinajstić information content (AvgIpc) is 2.41. The number of sulfone groups is 1. The largest absolute Gasteiger partial charge is 0.315 e. The molecule has 1 aromatic carbocycles. The van der Waals surface area contributed by atoms with Gasteiger partial charge >= 0.3 is 0 Å². The van der Waals surface area contributed by atoms with E-state index in [4.69, 9.17) is 0 Å². The van der Waals surface area contributed by atoms with Gasteiger partial charge in [0, 0.05) is 18.8 Å². The van der Waals surface area contributed by atoms with Crippen molar-refractivity contribution in [1.82, 2.24) is 4.57 Å². The van der Waals surface area contributed by atoms with E-state index in [0.29, 0.717) is 17.9 Å². The summed E-state index contributed by atoms with van der Waals surface area (Å²) in [5.41, 5.74) is 1.73. The lowest BCUT2D eigenvalue weighted by atomic mass is 10.2. The van der Waals surface area contributed by atoms with Crippen LogP contribution in [0.25, 0.3) is 0 Å². The Morgan fingerprint density at radius 1 is 1.05 bits per heavy atom. The Balaban J connectivity index is 2.04. The van der Waals surface area contributed by atoms with Crippen LogP contribution in [0.2, 0.25) is 0 Å². The fourth-order valence-electron chi connectivity index (χ4n) is 2.14. The number of pyridine rings is 1. The summed E-state index contributed by atoms with van der Waals surface area (Å²) in [4.78, 5) is 12.1. The van der Waals surface area contributed by atoms with Crippen molar-refractivity contribution in [2.45, 2.75) is 31.7 Å². The minimum absolute atomic E-state index is 0.0385. The Labute approximate surface area is 125 Å². The van der Waals surface area contributed by atoms with E-state index in [1.54, 1.807) is 35.0 Å². The van der Waals surface area contributed by atoms with Crippen molar-refractivity contribution < 1.29 is 8.42 Å². The van der Waals surface area contributed by atoms with Crippen LogP contribution in [0.3, 0.4) is 0 Å². The molecule has 0 unspecified atom stereocenters. The number of rotatable bonds is 5. The molecule has 0 amide bonds. The van der Waals surface area contributed by atoms with Crippen molar-refractivity contribution in [3.8, 4) is 0 Å². The number of aromatic nitrogens is 1. The zero-order valence-corrected chi connectivity index (χ0v) is 13.1. The molecule has 1 heterocycles. The molecule has 0 atom stereocenters. The zero-order valence-electron chi connectivity index (χ0n) is 12.2. The summed E-state index contributed by atoms with van der Waals surface area (Å²) in [5.74, 6) is 0.0385. The summed E-state index contributed by atoms with van der Waals surface area (Å²) in [7, 11) is -3.29. The zero-order chi connectivity index (χ0) is 15.5. The summed E-state index contributed by atoms with van der Waals surface area (Å²) < 4.78 is 26.0. The first-order valence-corrected chi connectivity index (χ1v) is 8.50. The van der Waals surface area contributed by atoms with Crippen LogP contribution in [0.15, 0.2) is 52.3 Å². The van der Waals surface area contributed by atoms with Crippen molar-refractivity contribution in [3.63, 3.8) is 0 Å². The second kappa shape index (κ2) is 6.26. The van der Waals surface area contributed by atoms with Crippen molar-refractivity contribution in [3.05, 3.63) is 64.1 Å². The van der Waals surface area contributed by atoms with Crippen LogP contribution in [0, 0.1) is 13.8 Å². The molecule has 0 aliphatic rings. The SMILES string of the molecule is Cc1cccc(S(=O)(=O)CCCn2ccc(C)cc2=O)c1. The molecule has 2 aromatic rings. The van der Waals surface area contributed by atoms with Gasteiger partial charge in [-0.25, -0.2) is 8.42 Å². The fourth-order valence-corrected chi connectivity index (χ4v) is 3.54. The minimum Gasteiger partial charge on any atom is -0.315 e. The highest BCUT2D eigenvalue weighted by atomic mass is 32.2. The molecule has 0 saturated carbocycles. The van der Waals surface area contributed by atoms with Gasteiger partial charge in [0.15, 0.2) is 9.84 Å². The highest BCUT2D eigenvalue weighted by molar-refractivity contribution is 7.91. The van der Waals surface area contributed by atoms with E-state index in [-0.39, 0.29) is 11.3 Å². The van der Waals surface area contributed by atoms with Gasteiger partial charge in [-0.05, 0) is 49.6 Å². The normalized spacial score (nSPS) is 11.5. The number of hydrogen-bond acceptors (Lipinski definition) is 3. The third-order valence-electron chi connectivity index (χ3n) is 3.31. The van der Waals surface area contributed by atoms with E-state index < -0.39 is 9.84 Å². The van der Waals surface area contributed by atoms with Crippen LogP contribution in [0.5, 0.6) is 0 Å². The molecule has 112 valence electrons. The molecule has 0 aliphatic heterocycles. The molecule has 0 bridgehead atoms.